The number of nitro groups is 1. The number of nitrogens with zero attached hydrogens (tertiary/aromatic N) is 1. The highest BCUT2D eigenvalue weighted by atomic mass is 16.6. The molecule has 1 aromatic carbocycles. The summed E-state index contributed by atoms with van der Waals surface area (Å²) in [6.07, 6.45) is 0.822. The van der Waals surface area contributed by atoms with Gasteiger partial charge in [-0.05, 0) is 19.4 Å². The Balaban J connectivity index is 2.65. The van der Waals surface area contributed by atoms with Gasteiger partial charge in [0, 0.05) is 23.9 Å². The summed E-state index contributed by atoms with van der Waals surface area (Å²) in [5, 5.41) is 15.8. The number of hydrogen-bond acceptors (Lipinski definition) is 3. The molecule has 2 amide bonds. The molecule has 17 heavy (non-hydrogen) atoms. The fraction of sp³-hybridized carbons (Fsp3) is 0.364. The molecule has 1 aromatic rings. The molecule has 0 fully saturated rings. The van der Waals surface area contributed by atoms with Crippen molar-refractivity contribution in [2.45, 2.75) is 26.3 Å². The van der Waals surface area contributed by atoms with Gasteiger partial charge in [-0.25, -0.2) is 4.79 Å². The molecule has 0 bridgehead atoms. The van der Waals surface area contributed by atoms with Crippen LogP contribution in [-0.4, -0.2) is 17.0 Å². The maximum absolute atomic E-state index is 11.5. The lowest BCUT2D eigenvalue weighted by molar-refractivity contribution is -0.384. The van der Waals surface area contributed by atoms with Crippen molar-refractivity contribution in [1.29, 1.82) is 0 Å². The summed E-state index contributed by atoms with van der Waals surface area (Å²) in [4.78, 5) is 21.5. The second-order valence-corrected chi connectivity index (χ2v) is 3.72. The summed E-state index contributed by atoms with van der Waals surface area (Å²) in [7, 11) is 0. The Labute approximate surface area is 99.2 Å². The topological polar surface area (TPSA) is 84.3 Å². The van der Waals surface area contributed by atoms with Crippen LogP contribution in [0, 0.1) is 10.1 Å². The number of anilines is 1. The molecule has 0 saturated carbocycles. The number of non-ortho nitro benzene ring substituents is 1. The Morgan fingerprint density at radius 3 is 2.82 bits per heavy atom. The zero-order valence-electron chi connectivity index (χ0n) is 9.77. The van der Waals surface area contributed by atoms with Crippen molar-refractivity contribution in [3.63, 3.8) is 0 Å². The van der Waals surface area contributed by atoms with Crippen LogP contribution in [0.5, 0.6) is 0 Å². The standard InChI is InChI=1S/C11H15N3O3/c1-3-8(2)12-11(15)13-9-5-4-6-10(7-9)14(16)17/h4-8H,3H2,1-2H3,(H2,12,13,15)/t8-/m0/s1. The highest BCUT2D eigenvalue weighted by Crippen LogP contribution is 2.16. The summed E-state index contributed by atoms with van der Waals surface area (Å²) < 4.78 is 0. The number of rotatable bonds is 4. The molecule has 1 rings (SSSR count). The van der Waals surface area contributed by atoms with Crippen molar-refractivity contribution in [1.82, 2.24) is 5.32 Å². The van der Waals surface area contributed by atoms with Crippen LogP contribution >= 0.6 is 0 Å². The molecule has 0 aliphatic heterocycles. The third-order valence-corrected chi connectivity index (χ3v) is 2.30. The molecule has 0 spiro atoms. The van der Waals surface area contributed by atoms with Crippen molar-refractivity contribution in [2.24, 2.45) is 0 Å². The van der Waals surface area contributed by atoms with E-state index < -0.39 is 4.92 Å². The molecular formula is C11H15N3O3. The number of carbonyl (C=O) groups is 1. The first-order valence-corrected chi connectivity index (χ1v) is 5.35. The van der Waals surface area contributed by atoms with Crippen molar-refractivity contribution in [3.8, 4) is 0 Å². The predicted octanol–water partition coefficient (Wildman–Crippen LogP) is 2.51. The molecular weight excluding hydrogens is 222 g/mol. The lowest BCUT2D eigenvalue weighted by Gasteiger charge is -2.12. The minimum atomic E-state index is -0.502. The number of benzene rings is 1. The van der Waals surface area contributed by atoms with Gasteiger partial charge in [-0.1, -0.05) is 13.0 Å². The lowest BCUT2D eigenvalue weighted by Crippen LogP contribution is -2.35. The van der Waals surface area contributed by atoms with Crippen LogP contribution in [0.2, 0.25) is 0 Å². The van der Waals surface area contributed by atoms with E-state index in [1.807, 2.05) is 13.8 Å². The van der Waals surface area contributed by atoms with E-state index in [9.17, 15) is 14.9 Å². The minimum Gasteiger partial charge on any atom is -0.335 e. The summed E-state index contributed by atoms with van der Waals surface area (Å²) in [6.45, 7) is 3.84. The van der Waals surface area contributed by atoms with Gasteiger partial charge in [-0.15, -0.1) is 0 Å². The van der Waals surface area contributed by atoms with Crippen LogP contribution in [0.15, 0.2) is 24.3 Å². The summed E-state index contributed by atoms with van der Waals surface area (Å²) >= 11 is 0. The van der Waals surface area contributed by atoms with E-state index >= 15 is 0 Å². The Hall–Kier alpha value is -2.11. The molecule has 0 heterocycles. The maximum Gasteiger partial charge on any atom is 0.319 e. The molecule has 0 aliphatic rings. The van der Waals surface area contributed by atoms with E-state index in [0.717, 1.165) is 6.42 Å². The molecule has 1 atom stereocenters. The fourth-order valence-corrected chi connectivity index (χ4v) is 1.19. The fourth-order valence-electron chi connectivity index (χ4n) is 1.19. The lowest BCUT2D eigenvalue weighted by atomic mass is 10.2. The Kier molecular flexibility index (Phi) is 4.45. The van der Waals surface area contributed by atoms with Crippen LogP contribution in [0.4, 0.5) is 16.2 Å². The van der Waals surface area contributed by atoms with E-state index in [0.29, 0.717) is 5.69 Å². The molecule has 2 N–H and O–H groups in total. The summed E-state index contributed by atoms with van der Waals surface area (Å²) in [5.74, 6) is 0. The first kappa shape index (κ1) is 13.0. The van der Waals surface area contributed by atoms with Gasteiger partial charge in [0.05, 0.1) is 4.92 Å². The van der Waals surface area contributed by atoms with Gasteiger partial charge < -0.3 is 10.6 Å². The zero-order chi connectivity index (χ0) is 12.8. The van der Waals surface area contributed by atoms with Gasteiger partial charge >= 0.3 is 6.03 Å². The SMILES string of the molecule is CC[C@H](C)NC(=O)Nc1cccc([N+](=O)[O-])c1. The summed E-state index contributed by atoms with van der Waals surface area (Å²) in [6, 6.07) is 5.52. The normalized spacial score (nSPS) is 11.6. The van der Waals surface area contributed by atoms with Crippen LogP contribution in [-0.2, 0) is 0 Å². The van der Waals surface area contributed by atoms with Crippen molar-refractivity contribution in [3.05, 3.63) is 34.4 Å². The molecule has 0 radical (unpaired) electrons. The van der Waals surface area contributed by atoms with Gasteiger partial charge in [0.1, 0.15) is 0 Å². The molecule has 92 valence electrons. The van der Waals surface area contributed by atoms with Crippen molar-refractivity contribution in [2.75, 3.05) is 5.32 Å². The van der Waals surface area contributed by atoms with Gasteiger partial charge in [-0.2, -0.15) is 0 Å². The van der Waals surface area contributed by atoms with Crippen LogP contribution < -0.4 is 10.6 Å². The largest absolute Gasteiger partial charge is 0.335 e. The van der Waals surface area contributed by atoms with E-state index in [4.69, 9.17) is 0 Å². The highest BCUT2D eigenvalue weighted by Gasteiger charge is 2.09. The highest BCUT2D eigenvalue weighted by molar-refractivity contribution is 5.89. The molecule has 6 heteroatoms. The zero-order valence-corrected chi connectivity index (χ0v) is 9.77. The predicted molar refractivity (Wildman–Crippen MR) is 65.0 cm³/mol. The Morgan fingerprint density at radius 1 is 1.53 bits per heavy atom. The monoisotopic (exact) mass is 237 g/mol. The van der Waals surface area contributed by atoms with Crippen LogP contribution in [0.3, 0.4) is 0 Å². The van der Waals surface area contributed by atoms with Gasteiger partial charge in [0.25, 0.3) is 5.69 Å². The number of hydrogen-bond donors (Lipinski definition) is 2. The quantitative estimate of drug-likeness (QED) is 0.623. The van der Waals surface area contributed by atoms with E-state index in [1.165, 1.54) is 18.2 Å². The summed E-state index contributed by atoms with van der Waals surface area (Å²) in [5.41, 5.74) is 0.353. The van der Waals surface area contributed by atoms with E-state index in [1.54, 1.807) is 6.07 Å². The molecule has 6 nitrogen and oxygen atoms in total. The molecule has 0 aromatic heterocycles. The number of nitrogens with one attached hydrogen (secondary N) is 2. The number of nitro benzene ring substituents is 1. The first-order valence-electron chi connectivity index (χ1n) is 5.35. The van der Waals surface area contributed by atoms with Crippen molar-refractivity contribution >= 4 is 17.4 Å². The second-order valence-electron chi connectivity index (χ2n) is 3.72. The Bertz CT molecular complexity index is 420. The van der Waals surface area contributed by atoms with E-state index in [-0.39, 0.29) is 17.8 Å². The van der Waals surface area contributed by atoms with Crippen LogP contribution in [0.25, 0.3) is 0 Å². The second kappa shape index (κ2) is 5.83. The Morgan fingerprint density at radius 2 is 2.24 bits per heavy atom. The van der Waals surface area contributed by atoms with Crippen LogP contribution in [0.1, 0.15) is 20.3 Å². The van der Waals surface area contributed by atoms with Gasteiger partial charge in [0.2, 0.25) is 0 Å². The molecule has 0 unspecified atom stereocenters. The third kappa shape index (κ3) is 4.10. The van der Waals surface area contributed by atoms with Crippen molar-refractivity contribution < 1.29 is 9.72 Å². The number of amides is 2. The maximum atomic E-state index is 11.5. The minimum absolute atomic E-state index is 0.0497. The first-order chi connectivity index (χ1) is 8.02. The third-order valence-electron chi connectivity index (χ3n) is 2.30. The average molecular weight is 237 g/mol. The van der Waals surface area contributed by atoms with E-state index in [2.05, 4.69) is 10.6 Å². The number of carbonyl (C=O) groups excluding carboxylic acids is 1. The molecule has 0 saturated heterocycles. The van der Waals surface area contributed by atoms with Gasteiger partial charge in [0.15, 0.2) is 0 Å². The number of urea groups is 1. The molecule has 0 aliphatic carbocycles. The van der Waals surface area contributed by atoms with Gasteiger partial charge in [-0.3, -0.25) is 10.1 Å². The average Bonchev–Trinajstić information content (AvgIpc) is 2.28. The smallest absolute Gasteiger partial charge is 0.319 e.